The van der Waals surface area contributed by atoms with Gasteiger partial charge in [0.25, 0.3) is 0 Å². The normalized spacial score (nSPS) is 12.2. The molecule has 0 fully saturated rings. The summed E-state index contributed by atoms with van der Waals surface area (Å²) in [5, 5.41) is 0. The second-order valence-electron chi connectivity index (χ2n) is 3.55. The molecule has 1 aromatic rings. The molecule has 0 radical (unpaired) electrons. The summed E-state index contributed by atoms with van der Waals surface area (Å²) in [6, 6.07) is 7.91. The quantitative estimate of drug-likeness (QED) is 0.781. The average Bonchev–Trinajstić information content (AvgIpc) is 2.25. The van der Waals surface area contributed by atoms with Gasteiger partial charge in [0.05, 0.1) is 12.7 Å². The summed E-state index contributed by atoms with van der Waals surface area (Å²) in [4.78, 5) is 10.6. The van der Waals surface area contributed by atoms with Gasteiger partial charge < -0.3 is 9.47 Å². The molecule has 0 aromatic heterocycles. The van der Waals surface area contributed by atoms with Crippen molar-refractivity contribution in [1.82, 2.24) is 0 Å². The van der Waals surface area contributed by atoms with Gasteiger partial charge in [0.1, 0.15) is 6.61 Å². The molecular weight excluding hydrogens is 272 g/mol. The number of hydrogen-bond donors (Lipinski definition) is 0. The lowest BCUT2D eigenvalue weighted by Crippen LogP contribution is -2.17. The van der Waals surface area contributed by atoms with E-state index in [2.05, 4.69) is 15.9 Å². The Labute approximate surface area is 104 Å². The number of hydrogen-bond acceptors (Lipinski definition) is 3. The fraction of sp³-hybridized carbons (Fsp3) is 0.417. The highest BCUT2D eigenvalue weighted by atomic mass is 79.9. The first kappa shape index (κ1) is 13.2. The molecule has 16 heavy (non-hydrogen) atoms. The number of benzene rings is 1. The van der Waals surface area contributed by atoms with Gasteiger partial charge in [-0.05, 0) is 24.6 Å². The zero-order valence-electron chi connectivity index (χ0n) is 9.40. The first-order valence-electron chi connectivity index (χ1n) is 5.07. The van der Waals surface area contributed by atoms with Crippen molar-refractivity contribution in [1.29, 1.82) is 0 Å². The number of rotatable bonds is 5. The molecule has 0 spiro atoms. The second kappa shape index (κ2) is 6.66. The van der Waals surface area contributed by atoms with E-state index >= 15 is 0 Å². The Bertz CT molecular complexity index is 335. The van der Waals surface area contributed by atoms with Crippen LogP contribution in [0.1, 0.15) is 19.4 Å². The molecular formula is C12H15BrO3. The van der Waals surface area contributed by atoms with E-state index < -0.39 is 0 Å². The average molecular weight is 287 g/mol. The van der Waals surface area contributed by atoms with Crippen molar-refractivity contribution in [2.45, 2.75) is 26.6 Å². The zero-order chi connectivity index (χ0) is 12.0. The maximum Gasteiger partial charge on any atom is 0.302 e. The van der Waals surface area contributed by atoms with Crippen molar-refractivity contribution < 1.29 is 14.3 Å². The first-order valence-corrected chi connectivity index (χ1v) is 5.86. The predicted octanol–water partition coefficient (Wildman–Crippen LogP) is 2.92. The van der Waals surface area contributed by atoms with Crippen molar-refractivity contribution >= 4 is 21.9 Å². The molecule has 88 valence electrons. The van der Waals surface area contributed by atoms with Gasteiger partial charge in [0, 0.05) is 11.4 Å². The third-order valence-corrected chi connectivity index (χ3v) is 2.50. The van der Waals surface area contributed by atoms with Crippen LogP contribution in [-0.2, 0) is 20.9 Å². The van der Waals surface area contributed by atoms with Crippen LogP contribution in [0.2, 0.25) is 0 Å². The summed E-state index contributed by atoms with van der Waals surface area (Å²) in [5.41, 5.74) is 1.10. The van der Waals surface area contributed by atoms with Crippen LogP contribution in [0.4, 0.5) is 0 Å². The van der Waals surface area contributed by atoms with Crippen molar-refractivity contribution in [3.05, 3.63) is 34.3 Å². The molecule has 0 unspecified atom stereocenters. The molecule has 0 heterocycles. The first-order chi connectivity index (χ1) is 7.58. The standard InChI is InChI=1S/C12H15BrO3/c1-9(7-16-10(2)14)15-8-11-3-5-12(13)6-4-11/h3-6,9H,7-8H2,1-2H3/t9-/m0/s1. The summed E-state index contributed by atoms with van der Waals surface area (Å²) in [6.07, 6.45) is -0.0902. The molecule has 4 heteroatoms. The van der Waals surface area contributed by atoms with Gasteiger partial charge in [-0.25, -0.2) is 0 Å². The summed E-state index contributed by atoms with van der Waals surface area (Å²) in [7, 11) is 0. The van der Waals surface area contributed by atoms with Crippen molar-refractivity contribution in [3.63, 3.8) is 0 Å². The lowest BCUT2D eigenvalue weighted by Gasteiger charge is -2.12. The number of halogens is 1. The van der Waals surface area contributed by atoms with Gasteiger partial charge in [-0.3, -0.25) is 4.79 Å². The smallest absolute Gasteiger partial charge is 0.302 e. The van der Waals surface area contributed by atoms with Crippen LogP contribution in [0, 0.1) is 0 Å². The van der Waals surface area contributed by atoms with Gasteiger partial charge in [0.15, 0.2) is 0 Å². The van der Waals surface area contributed by atoms with E-state index in [1.165, 1.54) is 6.92 Å². The van der Waals surface area contributed by atoms with Crippen molar-refractivity contribution in [2.75, 3.05) is 6.61 Å². The number of ether oxygens (including phenoxy) is 2. The molecule has 0 aliphatic carbocycles. The van der Waals surface area contributed by atoms with Crippen LogP contribution in [0.5, 0.6) is 0 Å². The van der Waals surface area contributed by atoms with Gasteiger partial charge in [-0.2, -0.15) is 0 Å². The third-order valence-electron chi connectivity index (χ3n) is 1.97. The van der Waals surface area contributed by atoms with Gasteiger partial charge in [-0.1, -0.05) is 28.1 Å². The second-order valence-corrected chi connectivity index (χ2v) is 4.47. The predicted molar refractivity (Wildman–Crippen MR) is 65.0 cm³/mol. The highest BCUT2D eigenvalue weighted by Crippen LogP contribution is 2.11. The minimum Gasteiger partial charge on any atom is -0.463 e. The molecule has 1 aromatic carbocycles. The Kier molecular flexibility index (Phi) is 5.49. The van der Waals surface area contributed by atoms with Crippen LogP contribution >= 0.6 is 15.9 Å². The molecule has 0 amide bonds. The molecule has 0 aliphatic rings. The van der Waals surface area contributed by atoms with Gasteiger partial charge in [-0.15, -0.1) is 0 Å². The van der Waals surface area contributed by atoms with E-state index in [4.69, 9.17) is 9.47 Å². The van der Waals surface area contributed by atoms with Crippen molar-refractivity contribution in [2.24, 2.45) is 0 Å². The Balaban J connectivity index is 2.28. The summed E-state index contributed by atoms with van der Waals surface area (Å²) in [5.74, 6) is -0.279. The van der Waals surface area contributed by atoms with E-state index in [-0.39, 0.29) is 12.1 Å². The molecule has 1 atom stereocenters. The number of carbonyl (C=O) groups excluding carboxylic acids is 1. The monoisotopic (exact) mass is 286 g/mol. The Morgan fingerprint density at radius 1 is 1.38 bits per heavy atom. The fourth-order valence-corrected chi connectivity index (χ4v) is 1.37. The van der Waals surface area contributed by atoms with E-state index in [9.17, 15) is 4.79 Å². The lowest BCUT2D eigenvalue weighted by molar-refractivity contribution is -0.145. The van der Waals surface area contributed by atoms with E-state index in [1.54, 1.807) is 0 Å². The summed E-state index contributed by atoms with van der Waals surface area (Å²) in [6.45, 7) is 4.09. The molecule has 0 bridgehead atoms. The van der Waals surface area contributed by atoms with Crippen LogP contribution in [0.3, 0.4) is 0 Å². The van der Waals surface area contributed by atoms with Gasteiger partial charge in [0.2, 0.25) is 0 Å². The summed E-state index contributed by atoms with van der Waals surface area (Å²) < 4.78 is 11.4. The topological polar surface area (TPSA) is 35.5 Å². The molecule has 3 nitrogen and oxygen atoms in total. The van der Waals surface area contributed by atoms with E-state index in [1.807, 2.05) is 31.2 Å². The van der Waals surface area contributed by atoms with E-state index in [0.717, 1.165) is 10.0 Å². The summed E-state index contributed by atoms with van der Waals surface area (Å²) >= 11 is 3.37. The van der Waals surface area contributed by atoms with E-state index in [0.29, 0.717) is 13.2 Å². The minimum atomic E-state index is -0.279. The maximum atomic E-state index is 10.6. The van der Waals surface area contributed by atoms with Crippen LogP contribution in [-0.4, -0.2) is 18.7 Å². The van der Waals surface area contributed by atoms with Crippen molar-refractivity contribution in [3.8, 4) is 0 Å². The fourth-order valence-electron chi connectivity index (χ4n) is 1.10. The maximum absolute atomic E-state index is 10.6. The Morgan fingerprint density at radius 3 is 2.56 bits per heavy atom. The van der Waals surface area contributed by atoms with Crippen LogP contribution < -0.4 is 0 Å². The zero-order valence-corrected chi connectivity index (χ0v) is 11.0. The highest BCUT2D eigenvalue weighted by Gasteiger charge is 2.04. The SMILES string of the molecule is CC(=O)OC[C@H](C)OCc1ccc(Br)cc1. The Morgan fingerprint density at radius 2 is 2.00 bits per heavy atom. The number of esters is 1. The molecule has 0 saturated carbocycles. The van der Waals surface area contributed by atoms with Crippen LogP contribution in [0.15, 0.2) is 28.7 Å². The molecule has 0 aliphatic heterocycles. The molecule has 1 rings (SSSR count). The third kappa shape index (κ3) is 5.28. The van der Waals surface area contributed by atoms with Crippen LogP contribution in [0.25, 0.3) is 0 Å². The largest absolute Gasteiger partial charge is 0.463 e. The number of carbonyl (C=O) groups is 1. The highest BCUT2D eigenvalue weighted by molar-refractivity contribution is 9.10. The minimum absolute atomic E-state index is 0.0902. The van der Waals surface area contributed by atoms with Gasteiger partial charge >= 0.3 is 5.97 Å². The lowest BCUT2D eigenvalue weighted by atomic mass is 10.2. The molecule has 0 N–H and O–H groups in total. The molecule has 0 saturated heterocycles. The Hall–Kier alpha value is -0.870.